The van der Waals surface area contributed by atoms with Crippen LogP contribution in [0.15, 0.2) is 66.7 Å². The average molecular weight is 432 g/mol. The number of carbonyl (C=O) groups is 2. The van der Waals surface area contributed by atoms with Crippen molar-refractivity contribution in [2.45, 2.75) is 31.3 Å². The number of nitrogens with one attached hydrogen (secondary N) is 2. The number of hydrogen-bond acceptors (Lipinski definition) is 5. The van der Waals surface area contributed by atoms with Gasteiger partial charge in [0.1, 0.15) is 12.2 Å². The first-order chi connectivity index (χ1) is 15.6. The second-order valence-corrected chi connectivity index (χ2v) is 8.14. The summed E-state index contributed by atoms with van der Waals surface area (Å²) in [7, 11) is 0. The number of fused-ring (bicyclic) bond motifs is 2. The zero-order valence-electron chi connectivity index (χ0n) is 17.6. The molecule has 4 atom stereocenters. The van der Waals surface area contributed by atoms with E-state index in [4.69, 9.17) is 14.2 Å². The van der Waals surface area contributed by atoms with E-state index < -0.39 is 18.3 Å². The van der Waals surface area contributed by atoms with E-state index in [1.807, 2.05) is 61.5 Å². The Hall–Kier alpha value is -3.42. The van der Waals surface area contributed by atoms with Crippen LogP contribution in [-0.2, 0) is 14.2 Å². The smallest absolute Gasteiger partial charge is 0.412 e. The number of ether oxygens (including phenoxy) is 3. The third kappa shape index (κ3) is 4.04. The van der Waals surface area contributed by atoms with Crippen LogP contribution in [0.5, 0.6) is 0 Å². The fourth-order valence-corrected chi connectivity index (χ4v) is 4.26. The molecule has 0 aliphatic carbocycles. The van der Waals surface area contributed by atoms with Crippen LogP contribution in [0.4, 0.5) is 10.5 Å². The fraction of sp³-hybridized carbons (Fsp3) is 0.280. The lowest BCUT2D eigenvalue weighted by Crippen LogP contribution is -2.44. The predicted molar refractivity (Wildman–Crippen MR) is 120 cm³/mol. The molecule has 0 radical (unpaired) electrons. The minimum absolute atomic E-state index is 0.180. The second kappa shape index (κ2) is 8.61. The number of carbonyl (C=O) groups excluding carboxylic acids is 2. The first-order valence-corrected chi connectivity index (χ1v) is 10.6. The van der Waals surface area contributed by atoms with Gasteiger partial charge in [0.25, 0.3) is 5.91 Å². The second-order valence-electron chi connectivity index (χ2n) is 8.14. The zero-order valence-corrected chi connectivity index (χ0v) is 17.6. The molecule has 2 heterocycles. The molecule has 3 aromatic carbocycles. The van der Waals surface area contributed by atoms with Crippen LogP contribution in [-0.4, -0.2) is 49.6 Å². The van der Waals surface area contributed by atoms with E-state index in [2.05, 4.69) is 10.6 Å². The van der Waals surface area contributed by atoms with Crippen LogP contribution in [0, 0.1) is 6.92 Å². The molecule has 2 saturated heterocycles. The number of hydrogen-bond donors (Lipinski definition) is 2. The van der Waals surface area contributed by atoms with Gasteiger partial charge in [0.05, 0.1) is 24.9 Å². The van der Waals surface area contributed by atoms with Crippen molar-refractivity contribution in [3.05, 3.63) is 77.9 Å². The molecule has 5 rings (SSSR count). The van der Waals surface area contributed by atoms with Crippen molar-refractivity contribution in [1.29, 1.82) is 0 Å². The normalized spacial score (nSPS) is 24.2. The van der Waals surface area contributed by atoms with E-state index in [9.17, 15) is 9.59 Å². The molecule has 164 valence electrons. The Bertz CT molecular complexity index is 1140. The molecule has 4 unspecified atom stereocenters. The molecule has 0 aromatic heterocycles. The SMILES string of the molecule is Cc1ccc(C(=O)NC2COC3C(OC(=O)Nc4cccc5ccccc45)COC23)cc1. The minimum atomic E-state index is -0.564. The summed E-state index contributed by atoms with van der Waals surface area (Å²) in [5.41, 5.74) is 2.35. The molecular formula is C25H24N2O5. The Balaban J connectivity index is 1.19. The lowest BCUT2D eigenvalue weighted by Gasteiger charge is -2.18. The Morgan fingerprint density at radius 3 is 2.50 bits per heavy atom. The van der Waals surface area contributed by atoms with Gasteiger partial charge in [-0.3, -0.25) is 10.1 Å². The standard InChI is InChI=1S/C25H24N2O5/c1-15-9-11-17(12-10-15)24(28)26-20-13-30-23-21(14-31-22(20)23)32-25(29)27-19-8-4-6-16-5-2-3-7-18(16)19/h2-12,20-23H,13-14H2,1H3,(H,26,28)(H,27,29). The first kappa shape index (κ1) is 20.5. The number of amides is 2. The maximum atomic E-state index is 12.6. The largest absolute Gasteiger partial charge is 0.441 e. The molecule has 0 bridgehead atoms. The summed E-state index contributed by atoms with van der Waals surface area (Å²) in [6.45, 7) is 2.49. The summed E-state index contributed by atoms with van der Waals surface area (Å²) in [4.78, 5) is 25.1. The van der Waals surface area contributed by atoms with E-state index >= 15 is 0 Å². The highest BCUT2D eigenvalue weighted by Gasteiger charge is 2.50. The van der Waals surface area contributed by atoms with Crippen molar-refractivity contribution in [3.8, 4) is 0 Å². The summed E-state index contributed by atoms with van der Waals surface area (Å²) in [5, 5.41) is 7.76. The minimum Gasteiger partial charge on any atom is -0.441 e. The van der Waals surface area contributed by atoms with Crippen LogP contribution >= 0.6 is 0 Å². The molecule has 32 heavy (non-hydrogen) atoms. The number of anilines is 1. The highest BCUT2D eigenvalue weighted by molar-refractivity contribution is 6.00. The van der Waals surface area contributed by atoms with Gasteiger partial charge in [-0.2, -0.15) is 0 Å². The maximum Gasteiger partial charge on any atom is 0.412 e. The molecule has 2 fully saturated rings. The molecule has 7 nitrogen and oxygen atoms in total. The van der Waals surface area contributed by atoms with Gasteiger partial charge in [0.2, 0.25) is 0 Å². The van der Waals surface area contributed by atoms with Gasteiger partial charge >= 0.3 is 6.09 Å². The highest BCUT2D eigenvalue weighted by Crippen LogP contribution is 2.30. The van der Waals surface area contributed by atoms with Crippen LogP contribution in [0.1, 0.15) is 15.9 Å². The van der Waals surface area contributed by atoms with E-state index in [-0.39, 0.29) is 24.7 Å². The first-order valence-electron chi connectivity index (χ1n) is 10.6. The predicted octanol–water partition coefficient (Wildman–Crippen LogP) is 3.66. The summed E-state index contributed by atoms with van der Waals surface area (Å²) in [6, 6.07) is 20.6. The number of rotatable bonds is 4. The van der Waals surface area contributed by atoms with Crippen LogP contribution in [0.25, 0.3) is 10.8 Å². The molecule has 2 amide bonds. The van der Waals surface area contributed by atoms with Crippen molar-refractivity contribution < 1.29 is 23.8 Å². The number of aryl methyl sites for hydroxylation is 1. The summed E-state index contributed by atoms with van der Waals surface area (Å²) in [6.07, 6.45) is -1.89. The van der Waals surface area contributed by atoms with E-state index in [1.165, 1.54) is 0 Å². The van der Waals surface area contributed by atoms with E-state index in [0.29, 0.717) is 17.9 Å². The van der Waals surface area contributed by atoms with Crippen LogP contribution in [0.2, 0.25) is 0 Å². The molecule has 2 aliphatic rings. The Labute approximate surface area is 185 Å². The van der Waals surface area contributed by atoms with Crippen molar-refractivity contribution in [3.63, 3.8) is 0 Å². The molecule has 0 spiro atoms. The summed E-state index contributed by atoms with van der Waals surface area (Å²) in [5.74, 6) is -0.180. The molecule has 7 heteroatoms. The molecule has 2 N–H and O–H groups in total. The fourth-order valence-electron chi connectivity index (χ4n) is 4.26. The maximum absolute atomic E-state index is 12.6. The van der Waals surface area contributed by atoms with Crippen molar-refractivity contribution in [2.24, 2.45) is 0 Å². The molecule has 2 aliphatic heterocycles. The number of benzene rings is 3. The van der Waals surface area contributed by atoms with Gasteiger partial charge in [0, 0.05) is 10.9 Å². The third-order valence-corrected chi connectivity index (χ3v) is 5.92. The van der Waals surface area contributed by atoms with Crippen molar-refractivity contribution in [2.75, 3.05) is 18.5 Å². The average Bonchev–Trinajstić information content (AvgIpc) is 3.38. The Kier molecular flexibility index (Phi) is 5.51. The van der Waals surface area contributed by atoms with Crippen molar-refractivity contribution in [1.82, 2.24) is 5.32 Å². The summed E-state index contributed by atoms with van der Waals surface area (Å²) >= 11 is 0. The monoisotopic (exact) mass is 432 g/mol. The van der Waals surface area contributed by atoms with Gasteiger partial charge in [0.15, 0.2) is 6.10 Å². The quantitative estimate of drug-likeness (QED) is 0.657. The zero-order chi connectivity index (χ0) is 22.1. The molecular weight excluding hydrogens is 408 g/mol. The van der Waals surface area contributed by atoms with Crippen molar-refractivity contribution >= 4 is 28.5 Å². The van der Waals surface area contributed by atoms with E-state index in [0.717, 1.165) is 16.3 Å². The van der Waals surface area contributed by atoms with E-state index in [1.54, 1.807) is 12.1 Å². The molecule has 0 saturated carbocycles. The van der Waals surface area contributed by atoms with Gasteiger partial charge in [-0.05, 0) is 30.5 Å². The molecule has 3 aromatic rings. The van der Waals surface area contributed by atoms with Crippen LogP contribution < -0.4 is 10.6 Å². The van der Waals surface area contributed by atoms with Gasteiger partial charge in [-0.1, -0.05) is 54.1 Å². The lowest BCUT2D eigenvalue weighted by molar-refractivity contribution is 0.00862. The van der Waals surface area contributed by atoms with Gasteiger partial charge in [-0.15, -0.1) is 0 Å². The third-order valence-electron chi connectivity index (χ3n) is 5.92. The Morgan fingerprint density at radius 2 is 1.66 bits per heavy atom. The van der Waals surface area contributed by atoms with Gasteiger partial charge in [-0.25, -0.2) is 4.79 Å². The summed E-state index contributed by atoms with van der Waals surface area (Å²) < 4.78 is 17.3. The van der Waals surface area contributed by atoms with Gasteiger partial charge < -0.3 is 19.5 Å². The lowest BCUT2D eigenvalue weighted by atomic mass is 10.1. The Morgan fingerprint density at radius 1 is 0.906 bits per heavy atom. The highest BCUT2D eigenvalue weighted by atomic mass is 16.6. The topological polar surface area (TPSA) is 85.9 Å². The van der Waals surface area contributed by atoms with Crippen LogP contribution in [0.3, 0.4) is 0 Å².